The molecule has 106 valence electrons. The SMILES string of the molecule is CO[C@H]1Cc2cc(C(=O)NCCn3cccn3)nn2C1. The first-order chi connectivity index (χ1) is 9.76. The summed E-state index contributed by atoms with van der Waals surface area (Å²) < 4.78 is 8.91. The fraction of sp³-hybridized carbons (Fsp3) is 0.462. The summed E-state index contributed by atoms with van der Waals surface area (Å²) in [5.74, 6) is -0.145. The molecule has 1 amide bonds. The van der Waals surface area contributed by atoms with Gasteiger partial charge in [0.05, 0.1) is 19.2 Å². The van der Waals surface area contributed by atoms with Crippen molar-refractivity contribution in [3.8, 4) is 0 Å². The molecule has 0 bridgehead atoms. The summed E-state index contributed by atoms with van der Waals surface area (Å²) in [7, 11) is 1.69. The second-order valence-electron chi connectivity index (χ2n) is 4.79. The summed E-state index contributed by atoms with van der Waals surface area (Å²) in [5, 5.41) is 11.2. The zero-order valence-corrected chi connectivity index (χ0v) is 11.3. The van der Waals surface area contributed by atoms with Crippen LogP contribution in [0.1, 0.15) is 16.2 Å². The van der Waals surface area contributed by atoms with Crippen molar-refractivity contribution in [2.75, 3.05) is 13.7 Å². The van der Waals surface area contributed by atoms with E-state index >= 15 is 0 Å². The Morgan fingerprint density at radius 1 is 1.60 bits per heavy atom. The minimum absolute atomic E-state index is 0.145. The number of methoxy groups -OCH3 is 1. The number of amides is 1. The van der Waals surface area contributed by atoms with Crippen LogP contribution in [0.25, 0.3) is 0 Å². The molecular formula is C13H17N5O2. The summed E-state index contributed by atoms with van der Waals surface area (Å²) in [4.78, 5) is 12.0. The largest absolute Gasteiger partial charge is 0.379 e. The molecule has 0 fully saturated rings. The van der Waals surface area contributed by atoms with Crippen LogP contribution in [0.15, 0.2) is 24.5 Å². The Morgan fingerprint density at radius 3 is 3.20 bits per heavy atom. The molecule has 1 aliphatic rings. The molecule has 20 heavy (non-hydrogen) atoms. The van der Waals surface area contributed by atoms with E-state index in [0.717, 1.165) is 12.1 Å². The smallest absolute Gasteiger partial charge is 0.271 e. The number of rotatable bonds is 5. The number of hydrogen-bond acceptors (Lipinski definition) is 4. The van der Waals surface area contributed by atoms with Crippen molar-refractivity contribution >= 4 is 5.91 Å². The second-order valence-corrected chi connectivity index (χ2v) is 4.79. The van der Waals surface area contributed by atoms with Gasteiger partial charge in [-0.1, -0.05) is 0 Å². The Balaban J connectivity index is 1.53. The standard InChI is InChI=1S/C13H17N5O2/c1-20-11-7-10-8-12(16-18(10)9-11)13(19)14-4-6-17-5-2-3-15-17/h2-3,5,8,11H,4,6-7,9H2,1H3,(H,14,19)/t11-/m0/s1. The van der Waals surface area contributed by atoms with Gasteiger partial charge in [-0.05, 0) is 12.1 Å². The van der Waals surface area contributed by atoms with Crippen LogP contribution in [0, 0.1) is 0 Å². The van der Waals surface area contributed by atoms with Gasteiger partial charge in [0.25, 0.3) is 5.91 Å². The van der Waals surface area contributed by atoms with E-state index in [0.29, 0.717) is 25.3 Å². The Hall–Kier alpha value is -2.15. The van der Waals surface area contributed by atoms with Gasteiger partial charge in [0.2, 0.25) is 0 Å². The van der Waals surface area contributed by atoms with Crippen LogP contribution >= 0.6 is 0 Å². The van der Waals surface area contributed by atoms with E-state index in [1.807, 2.05) is 23.0 Å². The first-order valence-corrected chi connectivity index (χ1v) is 6.61. The van der Waals surface area contributed by atoms with Gasteiger partial charge in [-0.15, -0.1) is 0 Å². The van der Waals surface area contributed by atoms with Crippen molar-refractivity contribution < 1.29 is 9.53 Å². The van der Waals surface area contributed by atoms with E-state index in [9.17, 15) is 4.79 Å². The van der Waals surface area contributed by atoms with Gasteiger partial charge < -0.3 is 10.1 Å². The highest BCUT2D eigenvalue weighted by atomic mass is 16.5. The van der Waals surface area contributed by atoms with Crippen molar-refractivity contribution in [3.63, 3.8) is 0 Å². The molecule has 1 atom stereocenters. The van der Waals surface area contributed by atoms with Crippen molar-refractivity contribution in [1.29, 1.82) is 0 Å². The number of ether oxygens (including phenoxy) is 1. The summed E-state index contributed by atoms with van der Waals surface area (Å²) in [6.07, 6.45) is 4.56. The summed E-state index contributed by atoms with van der Waals surface area (Å²) in [6, 6.07) is 3.69. The van der Waals surface area contributed by atoms with Gasteiger partial charge >= 0.3 is 0 Å². The molecule has 2 aromatic rings. The van der Waals surface area contributed by atoms with Crippen LogP contribution in [-0.2, 0) is 24.2 Å². The van der Waals surface area contributed by atoms with Gasteiger partial charge in [-0.3, -0.25) is 14.2 Å². The average Bonchev–Trinajstić information content (AvgIpc) is 3.13. The van der Waals surface area contributed by atoms with Crippen molar-refractivity contribution in [2.24, 2.45) is 0 Å². The lowest BCUT2D eigenvalue weighted by molar-refractivity contribution is 0.0934. The Kier molecular flexibility index (Phi) is 3.51. The summed E-state index contributed by atoms with van der Waals surface area (Å²) in [6.45, 7) is 1.90. The predicted molar refractivity (Wildman–Crippen MR) is 71.3 cm³/mol. The number of nitrogens with one attached hydrogen (secondary N) is 1. The molecule has 0 aliphatic carbocycles. The molecular weight excluding hydrogens is 258 g/mol. The van der Waals surface area contributed by atoms with Crippen LogP contribution in [0.3, 0.4) is 0 Å². The van der Waals surface area contributed by atoms with E-state index in [1.54, 1.807) is 18.0 Å². The monoisotopic (exact) mass is 275 g/mol. The number of fused-ring (bicyclic) bond motifs is 1. The maximum atomic E-state index is 12.0. The Labute approximate surface area is 116 Å². The van der Waals surface area contributed by atoms with Gasteiger partial charge in [-0.25, -0.2) is 0 Å². The Bertz CT molecular complexity index is 566. The third-order valence-electron chi connectivity index (χ3n) is 3.43. The lowest BCUT2D eigenvalue weighted by atomic mass is 10.2. The first-order valence-electron chi connectivity index (χ1n) is 6.61. The molecule has 0 radical (unpaired) electrons. The van der Waals surface area contributed by atoms with E-state index in [2.05, 4.69) is 15.5 Å². The van der Waals surface area contributed by atoms with Gasteiger partial charge in [0.1, 0.15) is 5.69 Å². The van der Waals surface area contributed by atoms with Gasteiger partial charge in [-0.2, -0.15) is 10.2 Å². The first kappa shape index (κ1) is 12.9. The van der Waals surface area contributed by atoms with Crippen molar-refractivity contribution in [1.82, 2.24) is 24.9 Å². The fourth-order valence-corrected chi connectivity index (χ4v) is 2.34. The molecule has 0 aromatic carbocycles. The summed E-state index contributed by atoms with van der Waals surface area (Å²) >= 11 is 0. The lowest BCUT2D eigenvalue weighted by Crippen LogP contribution is -2.28. The molecule has 0 unspecified atom stereocenters. The highest BCUT2D eigenvalue weighted by molar-refractivity contribution is 5.92. The van der Waals surface area contributed by atoms with E-state index in [-0.39, 0.29) is 12.0 Å². The van der Waals surface area contributed by atoms with Crippen molar-refractivity contribution in [2.45, 2.75) is 25.6 Å². The Morgan fingerprint density at radius 2 is 2.50 bits per heavy atom. The number of hydrogen-bond donors (Lipinski definition) is 1. The van der Waals surface area contributed by atoms with Crippen LogP contribution in [-0.4, -0.2) is 45.2 Å². The van der Waals surface area contributed by atoms with Crippen LogP contribution in [0.5, 0.6) is 0 Å². The normalized spacial score (nSPS) is 17.1. The van der Waals surface area contributed by atoms with Crippen LogP contribution in [0.4, 0.5) is 0 Å². The molecule has 7 nitrogen and oxygen atoms in total. The maximum Gasteiger partial charge on any atom is 0.271 e. The molecule has 0 saturated heterocycles. The molecule has 0 spiro atoms. The number of nitrogens with zero attached hydrogens (tertiary/aromatic N) is 4. The molecule has 2 aromatic heterocycles. The third kappa shape index (κ3) is 2.57. The maximum absolute atomic E-state index is 12.0. The average molecular weight is 275 g/mol. The molecule has 3 rings (SSSR count). The van der Waals surface area contributed by atoms with Gasteiger partial charge in [0.15, 0.2) is 0 Å². The highest BCUT2D eigenvalue weighted by Crippen LogP contribution is 2.17. The zero-order valence-electron chi connectivity index (χ0n) is 11.3. The van der Waals surface area contributed by atoms with E-state index < -0.39 is 0 Å². The number of aromatic nitrogens is 4. The molecule has 1 N–H and O–H groups in total. The minimum atomic E-state index is -0.145. The van der Waals surface area contributed by atoms with Crippen molar-refractivity contribution in [3.05, 3.63) is 35.9 Å². The van der Waals surface area contributed by atoms with Gasteiger partial charge in [0, 0.05) is 38.2 Å². The fourth-order valence-electron chi connectivity index (χ4n) is 2.34. The molecule has 7 heteroatoms. The van der Waals surface area contributed by atoms with Crippen LogP contribution in [0.2, 0.25) is 0 Å². The predicted octanol–water partition coefficient (Wildman–Crippen LogP) is 0.0807. The van der Waals surface area contributed by atoms with E-state index in [4.69, 9.17) is 4.74 Å². The minimum Gasteiger partial charge on any atom is -0.379 e. The topological polar surface area (TPSA) is 74.0 Å². The molecule has 3 heterocycles. The zero-order chi connectivity index (χ0) is 13.9. The second kappa shape index (κ2) is 5.46. The lowest BCUT2D eigenvalue weighted by Gasteiger charge is -2.05. The molecule has 1 aliphatic heterocycles. The molecule has 0 saturated carbocycles. The number of carbonyl (C=O) groups is 1. The van der Waals surface area contributed by atoms with E-state index in [1.165, 1.54) is 0 Å². The van der Waals surface area contributed by atoms with Crippen LogP contribution < -0.4 is 5.32 Å². The highest BCUT2D eigenvalue weighted by Gasteiger charge is 2.24. The third-order valence-corrected chi connectivity index (χ3v) is 3.43. The number of carbonyl (C=O) groups excluding carboxylic acids is 1. The quantitative estimate of drug-likeness (QED) is 0.838. The summed E-state index contributed by atoms with van der Waals surface area (Å²) in [5.41, 5.74) is 1.52.